The highest BCUT2D eigenvalue weighted by atomic mass is 127. The Bertz CT molecular complexity index is 613. The van der Waals surface area contributed by atoms with E-state index in [4.69, 9.17) is 0 Å². The Balaban J connectivity index is 2.51. The van der Waals surface area contributed by atoms with E-state index in [2.05, 4.69) is 37.9 Å². The van der Waals surface area contributed by atoms with Crippen molar-refractivity contribution >= 4 is 38.2 Å². The first-order chi connectivity index (χ1) is 9.84. The van der Waals surface area contributed by atoms with Crippen molar-refractivity contribution in [2.24, 2.45) is 0 Å². The van der Waals surface area contributed by atoms with E-state index in [0.29, 0.717) is 11.7 Å². The van der Waals surface area contributed by atoms with Gasteiger partial charge in [-0.05, 0) is 49.3 Å². The van der Waals surface area contributed by atoms with Crippen LogP contribution in [-0.2, 0) is 9.84 Å². The zero-order valence-corrected chi connectivity index (χ0v) is 15.7. The third-order valence-corrected chi connectivity index (χ3v) is 6.54. The van der Waals surface area contributed by atoms with Gasteiger partial charge >= 0.3 is 0 Å². The minimum absolute atomic E-state index is 0.413. The molecular formula is C14H22IN3O2S. The number of aromatic nitrogens is 2. The zero-order chi connectivity index (χ0) is 15.6. The molecule has 0 saturated heterocycles. The van der Waals surface area contributed by atoms with Crippen LogP contribution in [0.2, 0.25) is 0 Å². The van der Waals surface area contributed by atoms with Gasteiger partial charge in [0.25, 0.3) is 0 Å². The molecule has 1 aromatic rings. The number of nitrogens with zero attached hydrogens (tertiary/aromatic N) is 2. The predicted octanol–water partition coefficient (Wildman–Crippen LogP) is 3.28. The van der Waals surface area contributed by atoms with Gasteiger partial charge in [0.2, 0.25) is 0 Å². The van der Waals surface area contributed by atoms with Crippen LogP contribution in [0.5, 0.6) is 0 Å². The lowest BCUT2D eigenvalue weighted by molar-refractivity contribution is 0.587. The molecule has 0 aromatic carbocycles. The lowest BCUT2D eigenvalue weighted by Crippen LogP contribution is -2.17. The fraction of sp³-hybridized carbons (Fsp3) is 0.714. The van der Waals surface area contributed by atoms with Gasteiger partial charge in [-0.1, -0.05) is 12.8 Å². The fourth-order valence-corrected chi connectivity index (χ4v) is 3.97. The van der Waals surface area contributed by atoms with Crippen LogP contribution in [-0.4, -0.2) is 31.2 Å². The van der Waals surface area contributed by atoms with E-state index in [-0.39, 0.29) is 0 Å². The molecule has 0 spiro atoms. The van der Waals surface area contributed by atoms with Gasteiger partial charge in [0.05, 0.1) is 9.26 Å². The van der Waals surface area contributed by atoms with Crippen LogP contribution in [0.1, 0.15) is 62.2 Å². The first kappa shape index (κ1) is 16.9. The lowest BCUT2D eigenvalue weighted by Gasteiger charge is -2.18. The van der Waals surface area contributed by atoms with E-state index in [1.165, 1.54) is 19.1 Å². The second kappa shape index (κ2) is 6.76. The first-order valence-electron chi connectivity index (χ1n) is 7.34. The number of nitrogens with one attached hydrogen (secondary N) is 1. The number of anilines is 1. The van der Waals surface area contributed by atoms with Gasteiger partial charge in [0, 0.05) is 18.7 Å². The summed E-state index contributed by atoms with van der Waals surface area (Å²) < 4.78 is 24.7. The van der Waals surface area contributed by atoms with Gasteiger partial charge in [0.1, 0.15) is 16.9 Å². The van der Waals surface area contributed by atoms with Crippen LogP contribution in [0.25, 0.3) is 0 Å². The average molecular weight is 423 g/mol. The largest absolute Gasteiger partial charge is 0.369 e. The Morgan fingerprint density at radius 1 is 1.33 bits per heavy atom. The predicted molar refractivity (Wildman–Crippen MR) is 93.4 cm³/mol. The summed E-state index contributed by atoms with van der Waals surface area (Å²) in [7, 11) is -3.20. The van der Waals surface area contributed by atoms with Gasteiger partial charge < -0.3 is 5.32 Å². The number of hydrogen-bond acceptors (Lipinski definition) is 5. The molecule has 1 saturated carbocycles. The summed E-state index contributed by atoms with van der Waals surface area (Å²) >= 11 is 2.28. The van der Waals surface area contributed by atoms with E-state index in [1.54, 1.807) is 6.92 Å². The molecule has 21 heavy (non-hydrogen) atoms. The Hall–Kier alpha value is -0.440. The highest BCUT2D eigenvalue weighted by Crippen LogP contribution is 2.37. The maximum atomic E-state index is 11.8. The summed E-state index contributed by atoms with van der Waals surface area (Å²) in [6, 6.07) is 0. The lowest BCUT2D eigenvalue weighted by atomic mass is 10.0. The molecule has 0 amide bonds. The molecule has 0 radical (unpaired) electrons. The molecule has 0 bridgehead atoms. The molecule has 1 aliphatic carbocycles. The molecular weight excluding hydrogens is 401 g/mol. The van der Waals surface area contributed by atoms with Crippen molar-refractivity contribution in [1.29, 1.82) is 0 Å². The maximum Gasteiger partial charge on any atom is 0.157 e. The summed E-state index contributed by atoms with van der Waals surface area (Å²) in [5, 5.41) is 2.56. The van der Waals surface area contributed by atoms with Gasteiger partial charge in [0.15, 0.2) is 9.84 Å². The molecule has 2 rings (SSSR count). The smallest absolute Gasteiger partial charge is 0.157 e. The average Bonchev–Trinajstić information content (AvgIpc) is 2.93. The summed E-state index contributed by atoms with van der Waals surface area (Å²) in [6.07, 6.45) is 5.94. The van der Waals surface area contributed by atoms with Crippen molar-refractivity contribution < 1.29 is 8.42 Å². The number of hydrogen-bond donors (Lipinski definition) is 1. The van der Waals surface area contributed by atoms with Crippen molar-refractivity contribution in [3.8, 4) is 0 Å². The quantitative estimate of drug-likeness (QED) is 0.737. The van der Waals surface area contributed by atoms with Crippen molar-refractivity contribution in [1.82, 2.24) is 9.97 Å². The molecule has 0 aliphatic heterocycles. The molecule has 1 heterocycles. The van der Waals surface area contributed by atoms with Crippen LogP contribution in [0.4, 0.5) is 5.82 Å². The Kier molecular flexibility index (Phi) is 5.45. The zero-order valence-electron chi connectivity index (χ0n) is 12.7. The summed E-state index contributed by atoms with van der Waals surface area (Å²) in [6.45, 7) is 4.42. The highest BCUT2D eigenvalue weighted by molar-refractivity contribution is 14.1. The van der Waals surface area contributed by atoms with Crippen molar-refractivity contribution in [3.63, 3.8) is 0 Å². The summed E-state index contributed by atoms with van der Waals surface area (Å²) in [5.41, 5.74) is 1.02. The second-order valence-corrected chi connectivity index (χ2v) is 9.06. The van der Waals surface area contributed by atoms with Crippen LogP contribution in [0.3, 0.4) is 0 Å². The topological polar surface area (TPSA) is 72.0 Å². The maximum absolute atomic E-state index is 11.8. The third kappa shape index (κ3) is 3.85. The minimum atomic E-state index is -3.20. The van der Waals surface area contributed by atoms with E-state index in [9.17, 15) is 8.42 Å². The fourth-order valence-electron chi connectivity index (χ4n) is 2.61. The monoisotopic (exact) mass is 423 g/mol. The second-order valence-electron chi connectivity index (χ2n) is 5.61. The molecule has 7 heteroatoms. The summed E-state index contributed by atoms with van der Waals surface area (Å²) in [4.78, 5) is 9.08. The van der Waals surface area contributed by atoms with Crippen LogP contribution >= 0.6 is 22.6 Å². The third-order valence-electron chi connectivity index (χ3n) is 3.99. The Morgan fingerprint density at radius 3 is 2.48 bits per heavy atom. The molecule has 1 aromatic heterocycles. The molecule has 1 aliphatic rings. The van der Waals surface area contributed by atoms with Crippen molar-refractivity contribution in [2.45, 2.75) is 50.7 Å². The van der Waals surface area contributed by atoms with Gasteiger partial charge in [-0.2, -0.15) is 0 Å². The van der Waals surface area contributed by atoms with Crippen molar-refractivity contribution in [2.75, 3.05) is 18.1 Å². The molecule has 1 unspecified atom stereocenters. The number of rotatable bonds is 5. The highest BCUT2D eigenvalue weighted by Gasteiger charge is 2.27. The first-order valence-corrected chi connectivity index (χ1v) is 10.4. The normalized spacial score (nSPS) is 17.9. The van der Waals surface area contributed by atoms with Crippen LogP contribution in [0, 0.1) is 3.57 Å². The SMILES string of the molecule is CCNc1nc(C(C)S(C)(=O)=O)nc(C2CCCC2)c1I. The van der Waals surface area contributed by atoms with Crippen molar-refractivity contribution in [3.05, 3.63) is 15.1 Å². The molecule has 118 valence electrons. The Labute approximate surface area is 140 Å². The van der Waals surface area contributed by atoms with Crippen LogP contribution in [0.15, 0.2) is 0 Å². The van der Waals surface area contributed by atoms with Gasteiger partial charge in [-0.3, -0.25) is 0 Å². The minimum Gasteiger partial charge on any atom is -0.369 e. The van der Waals surface area contributed by atoms with E-state index in [1.807, 2.05) is 6.92 Å². The molecule has 1 N–H and O–H groups in total. The summed E-state index contributed by atoms with van der Waals surface area (Å²) in [5.74, 6) is 1.61. The molecule has 5 nitrogen and oxygen atoms in total. The Morgan fingerprint density at radius 2 is 1.95 bits per heavy atom. The molecule has 1 atom stereocenters. The van der Waals surface area contributed by atoms with Gasteiger partial charge in [-0.25, -0.2) is 18.4 Å². The van der Waals surface area contributed by atoms with Gasteiger partial charge in [-0.15, -0.1) is 0 Å². The molecule has 1 fully saturated rings. The van der Waals surface area contributed by atoms with E-state index >= 15 is 0 Å². The van der Waals surface area contributed by atoms with E-state index in [0.717, 1.165) is 34.5 Å². The number of halogens is 1. The van der Waals surface area contributed by atoms with E-state index < -0.39 is 15.1 Å². The standard InChI is InChI=1S/C14H22IN3O2S/c1-4-16-14-11(15)12(10-7-5-6-8-10)17-13(18-14)9(2)21(3,19)20/h9-10H,4-8H2,1-3H3,(H,16,17,18). The number of sulfone groups is 1. The van der Waals surface area contributed by atoms with Crippen LogP contribution < -0.4 is 5.32 Å².